The summed E-state index contributed by atoms with van der Waals surface area (Å²) in [6, 6.07) is 26.0. The smallest absolute Gasteiger partial charge is 0.285 e. The first-order valence-corrected chi connectivity index (χ1v) is 12.8. The van der Waals surface area contributed by atoms with Crippen molar-refractivity contribution in [1.29, 1.82) is 0 Å². The number of sulfonamides is 1. The van der Waals surface area contributed by atoms with E-state index in [9.17, 15) is 8.42 Å². The molecule has 1 N–H and O–H groups in total. The number of anilines is 1. The number of nitrogens with zero attached hydrogens (tertiary/aromatic N) is 6. The molecule has 2 aliphatic heterocycles. The molecule has 0 saturated heterocycles. The van der Waals surface area contributed by atoms with E-state index in [1.807, 2.05) is 70.1 Å². The first kappa shape index (κ1) is 21.4. The van der Waals surface area contributed by atoms with Crippen molar-refractivity contribution in [3.8, 4) is 16.8 Å². The van der Waals surface area contributed by atoms with Crippen LogP contribution in [0.4, 0.5) is 5.95 Å². The third-order valence-electron chi connectivity index (χ3n) is 6.02. The molecule has 10 heteroatoms. The van der Waals surface area contributed by atoms with Crippen LogP contribution < -0.4 is 15.8 Å². The van der Waals surface area contributed by atoms with Gasteiger partial charge in [-0.2, -0.15) is 13.1 Å². The van der Waals surface area contributed by atoms with Gasteiger partial charge in [0.05, 0.1) is 17.1 Å². The lowest BCUT2D eigenvalue weighted by atomic mass is 10.1. The Labute approximate surface area is 202 Å². The second-order valence-corrected chi connectivity index (χ2v) is 9.84. The van der Waals surface area contributed by atoms with E-state index in [0.717, 1.165) is 29.3 Å². The SMILES string of the molecule is O=S(=O)(/N=c1/n(-c2ccccc2)nc2n1CCN2C1=NCCN1)c1ccc(-c2ccccc2)cc1. The van der Waals surface area contributed by atoms with Gasteiger partial charge < -0.3 is 5.32 Å². The van der Waals surface area contributed by atoms with Gasteiger partial charge in [0.1, 0.15) is 0 Å². The molecule has 4 aromatic rings. The normalized spacial score (nSPS) is 15.7. The van der Waals surface area contributed by atoms with Crippen LogP contribution in [0.15, 0.2) is 99.2 Å². The van der Waals surface area contributed by atoms with E-state index in [2.05, 4.69) is 14.7 Å². The van der Waals surface area contributed by atoms with Crippen LogP contribution in [-0.4, -0.2) is 48.4 Å². The monoisotopic (exact) mass is 485 g/mol. The van der Waals surface area contributed by atoms with Crippen molar-refractivity contribution in [3.05, 3.63) is 90.5 Å². The summed E-state index contributed by atoms with van der Waals surface area (Å²) >= 11 is 0. The molecule has 6 rings (SSSR count). The maximum atomic E-state index is 13.4. The van der Waals surface area contributed by atoms with Crippen molar-refractivity contribution in [1.82, 2.24) is 19.7 Å². The number of guanidine groups is 1. The quantitative estimate of drug-likeness (QED) is 0.479. The van der Waals surface area contributed by atoms with Crippen LogP contribution in [0.1, 0.15) is 0 Å². The molecule has 0 saturated carbocycles. The number of hydrogen-bond donors (Lipinski definition) is 1. The molecular formula is C25H23N7O2S. The summed E-state index contributed by atoms with van der Waals surface area (Å²) < 4.78 is 34.5. The molecular weight excluding hydrogens is 462 g/mol. The predicted octanol–water partition coefficient (Wildman–Crippen LogP) is 2.41. The number of rotatable bonds is 4. The first-order chi connectivity index (χ1) is 17.1. The minimum atomic E-state index is -3.99. The van der Waals surface area contributed by atoms with Gasteiger partial charge in [-0.15, -0.1) is 9.50 Å². The highest BCUT2D eigenvalue weighted by Crippen LogP contribution is 2.23. The second kappa shape index (κ2) is 8.55. The Morgan fingerprint density at radius 3 is 2.20 bits per heavy atom. The maximum Gasteiger partial charge on any atom is 0.285 e. The van der Waals surface area contributed by atoms with E-state index in [0.29, 0.717) is 25.6 Å². The highest BCUT2D eigenvalue weighted by Gasteiger charge is 2.30. The molecule has 1 aromatic heterocycles. The van der Waals surface area contributed by atoms with Crippen LogP contribution in [0.25, 0.3) is 16.8 Å². The molecule has 176 valence electrons. The van der Waals surface area contributed by atoms with E-state index in [1.54, 1.807) is 28.9 Å². The molecule has 0 amide bonds. The fraction of sp³-hybridized carbons (Fsp3) is 0.160. The molecule has 3 heterocycles. The zero-order valence-electron chi connectivity index (χ0n) is 18.8. The summed E-state index contributed by atoms with van der Waals surface area (Å²) in [5.41, 5.74) is 2.94. The minimum Gasteiger partial charge on any atom is -0.354 e. The van der Waals surface area contributed by atoms with Crippen molar-refractivity contribution < 1.29 is 8.42 Å². The van der Waals surface area contributed by atoms with Crippen molar-refractivity contribution >= 4 is 21.9 Å². The number of aliphatic imine (C=N–C) groups is 1. The Morgan fingerprint density at radius 1 is 0.829 bits per heavy atom. The largest absolute Gasteiger partial charge is 0.354 e. The average molecular weight is 486 g/mol. The van der Waals surface area contributed by atoms with E-state index in [-0.39, 0.29) is 10.5 Å². The number of nitrogens with one attached hydrogen (secondary N) is 1. The van der Waals surface area contributed by atoms with Gasteiger partial charge in [0, 0.05) is 19.6 Å². The summed E-state index contributed by atoms with van der Waals surface area (Å²) in [7, 11) is -3.99. The zero-order valence-corrected chi connectivity index (χ0v) is 19.6. The molecule has 0 unspecified atom stereocenters. The van der Waals surface area contributed by atoms with Crippen molar-refractivity contribution in [2.24, 2.45) is 9.39 Å². The third-order valence-corrected chi connectivity index (χ3v) is 7.30. The fourth-order valence-electron chi connectivity index (χ4n) is 4.30. The van der Waals surface area contributed by atoms with Crippen molar-refractivity contribution in [3.63, 3.8) is 0 Å². The molecule has 9 nitrogen and oxygen atoms in total. The number of hydrogen-bond acceptors (Lipinski definition) is 6. The van der Waals surface area contributed by atoms with Gasteiger partial charge in [0.15, 0.2) is 0 Å². The van der Waals surface area contributed by atoms with Crippen LogP contribution in [0, 0.1) is 0 Å². The van der Waals surface area contributed by atoms with Crippen LogP contribution in [-0.2, 0) is 16.6 Å². The standard InChI is InChI=1S/C25H23N7O2S/c33-35(34,22-13-11-20(12-14-22)19-7-3-1-4-8-19)29-25-31-18-17-30(23-26-15-16-27-23)24(31)28-32(25)21-9-5-2-6-10-21/h1-14H,15-18H2,(H,26,27)/b29-25+. The summed E-state index contributed by atoms with van der Waals surface area (Å²) in [6.07, 6.45) is 0. The van der Waals surface area contributed by atoms with Crippen LogP contribution in [0.5, 0.6) is 0 Å². The second-order valence-electron chi connectivity index (χ2n) is 8.24. The minimum absolute atomic E-state index is 0.129. The van der Waals surface area contributed by atoms with Gasteiger partial charge >= 0.3 is 0 Å². The van der Waals surface area contributed by atoms with Crippen molar-refractivity contribution in [2.45, 2.75) is 11.4 Å². The van der Waals surface area contributed by atoms with Crippen LogP contribution in [0.2, 0.25) is 0 Å². The van der Waals surface area contributed by atoms with E-state index in [4.69, 9.17) is 5.10 Å². The lowest BCUT2D eigenvalue weighted by Crippen LogP contribution is -2.38. The van der Waals surface area contributed by atoms with Gasteiger partial charge in [0.25, 0.3) is 10.0 Å². The molecule has 0 spiro atoms. The summed E-state index contributed by atoms with van der Waals surface area (Å²) in [5.74, 6) is 1.36. The number of benzene rings is 3. The highest BCUT2D eigenvalue weighted by molar-refractivity contribution is 7.90. The van der Waals surface area contributed by atoms with E-state index >= 15 is 0 Å². The van der Waals surface area contributed by atoms with Crippen LogP contribution in [0.3, 0.4) is 0 Å². The molecule has 2 aliphatic rings. The molecule has 0 fully saturated rings. The Balaban J connectivity index is 1.45. The first-order valence-electron chi connectivity index (χ1n) is 11.4. The molecule has 0 radical (unpaired) electrons. The average Bonchev–Trinajstić information content (AvgIpc) is 3.63. The van der Waals surface area contributed by atoms with Crippen molar-refractivity contribution in [2.75, 3.05) is 24.5 Å². The number of aromatic nitrogens is 3. The summed E-state index contributed by atoms with van der Waals surface area (Å²) in [6.45, 7) is 2.66. The molecule has 0 aliphatic carbocycles. The lowest BCUT2D eigenvalue weighted by Gasteiger charge is -2.15. The Morgan fingerprint density at radius 2 is 1.51 bits per heavy atom. The van der Waals surface area contributed by atoms with E-state index in [1.165, 1.54) is 0 Å². The third kappa shape index (κ3) is 3.91. The molecule has 3 aromatic carbocycles. The van der Waals surface area contributed by atoms with Crippen LogP contribution >= 0.6 is 0 Å². The van der Waals surface area contributed by atoms with Gasteiger partial charge in [-0.25, -0.2) is 0 Å². The zero-order chi connectivity index (χ0) is 23.8. The summed E-state index contributed by atoms with van der Waals surface area (Å²) in [5, 5.41) is 8.01. The number of fused-ring (bicyclic) bond motifs is 1. The van der Waals surface area contributed by atoms with Gasteiger partial charge in [-0.1, -0.05) is 60.7 Å². The van der Waals surface area contributed by atoms with Gasteiger partial charge in [-0.05, 0) is 35.4 Å². The summed E-state index contributed by atoms with van der Waals surface area (Å²) in [4.78, 5) is 6.60. The molecule has 35 heavy (non-hydrogen) atoms. The lowest BCUT2D eigenvalue weighted by molar-refractivity contribution is 0.592. The Bertz CT molecular complexity index is 1570. The van der Waals surface area contributed by atoms with Gasteiger partial charge in [0.2, 0.25) is 17.5 Å². The Kier molecular flexibility index (Phi) is 5.22. The number of para-hydroxylation sites is 1. The predicted molar refractivity (Wildman–Crippen MR) is 134 cm³/mol. The maximum absolute atomic E-state index is 13.4. The molecule has 0 atom stereocenters. The topological polar surface area (TPSA) is 96.9 Å². The Hall–Kier alpha value is -4.18. The fourth-order valence-corrected chi connectivity index (χ4v) is 5.28. The molecule has 0 bridgehead atoms. The van der Waals surface area contributed by atoms with Gasteiger partial charge in [-0.3, -0.25) is 14.5 Å². The highest BCUT2D eigenvalue weighted by atomic mass is 32.2. The van der Waals surface area contributed by atoms with E-state index < -0.39 is 10.0 Å².